The monoisotopic (exact) mass is 337 g/mol. The molecule has 5 nitrogen and oxygen atoms in total. The number of aromatic nitrogens is 3. The summed E-state index contributed by atoms with van der Waals surface area (Å²) in [7, 11) is 1.88. The van der Waals surface area contributed by atoms with Crippen molar-refractivity contribution in [2.24, 2.45) is 4.99 Å². The number of halogens is 1. The van der Waals surface area contributed by atoms with Crippen molar-refractivity contribution in [3.8, 4) is 5.69 Å². The lowest BCUT2D eigenvalue weighted by atomic mass is 10.0. The third-order valence-electron chi connectivity index (χ3n) is 3.92. The molecule has 1 aliphatic heterocycles. The van der Waals surface area contributed by atoms with E-state index in [-0.39, 0.29) is 0 Å². The van der Waals surface area contributed by atoms with Crippen LogP contribution in [0, 0.1) is 0 Å². The Morgan fingerprint density at radius 3 is 2.79 bits per heavy atom. The van der Waals surface area contributed by atoms with Crippen LogP contribution in [0.15, 0.2) is 53.5 Å². The van der Waals surface area contributed by atoms with Gasteiger partial charge in [-0.05, 0) is 25.2 Å². The highest BCUT2D eigenvalue weighted by molar-refractivity contribution is 6.31. The zero-order valence-corrected chi connectivity index (χ0v) is 14.0. The van der Waals surface area contributed by atoms with E-state index in [2.05, 4.69) is 27.5 Å². The normalized spacial score (nSPS) is 13.0. The van der Waals surface area contributed by atoms with E-state index < -0.39 is 0 Å². The molecule has 0 spiro atoms. The Morgan fingerprint density at radius 1 is 1.17 bits per heavy atom. The van der Waals surface area contributed by atoms with Crippen LogP contribution < -0.4 is 5.32 Å². The number of aliphatic imine (C=N–C) groups is 1. The second kappa shape index (κ2) is 6.19. The van der Waals surface area contributed by atoms with E-state index in [1.54, 1.807) is 0 Å². The minimum absolute atomic E-state index is 0.479. The SMILES string of the molecule is CNCc1nc2n(n1)-c1ccc(Cl)cc1C(c1ccccc1)=NC2. The maximum absolute atomic E-state index is 6.25. The Kier molecular flexibility index (Phi) is 3.88. The van der Waals surface area contributed by atoms with Crippen LogP contribution in [0.4, 0.5) is 0 Å². The van der Waals surface area contributed by atoms with Gasteiger partial charge in [0, 0.05) is 16.1 Å². The van der Waals surface area contributed by atoms with Gasteiger partial charge in [-0.1, -0.05) is 41.9 Å². The van der Waals surface area contributed by atoms with Gasteiger partial charge in [-0.25, -0.2) is 9.67 Å². The summed E-state index contributed by atoms with van der Waals surface area (Å²) in [4.78, 5) is 9.40. The van der Waals surface area contributed by atoms with Gasteiger partial charge in [0.15, 0.2) is 11.6 Å². The Hall–Kier alpha value is -2.50. The van der Waals surface area contributed by atoms with Crippen molar-refractivity contribution in [3.05, 3.63) is 76.3 Å². The molecular formula is C18H16ClN5. The molecule has 2 heterocycles. The van der Waals surface area contributed by atoms with Gasteiger partial charge in [0.05, 0.1) is 24.5 Å². The van der Waals surface area contributed by atoms with Crippen LogP contribution in [0.3, 0.4) is 0 Å². The molecule has 1 aliphatic rings. The van der Waals surface area contributed by atoms with Gasteiger partial charge < -0.3 is 5.32 Å². The lowest BCUT2D eigenvalue weighted by Gasteiger charge is -2.11. The van der Waals surface area contributed by atoms with E-state index in [0.29, 0.717) is 18.1 Å². The third-order valence-corrected chi connectivity index (χ3v) is 4.16. The van der Waals surface area contributed by atoms with Gasteiger partial charge in [0.2, 0.25) is 0 Å². The average molecular weight is 338 g/mol. The van der Waals surface area contributed by atoms with Crippen molar-refractivity contribution >= 4 is 17.3 Å². The fourth-order valence-electron chi connectivity index (χ4n) is 2.88. The minimum Gasteiger partial charge on any atom is -0.313 e. The lowest BCUT2D eigenvalue weighted by molar-refractivity contribution is 0.741. The summed E-state index contributed by atoms with van der Waals surface area (Å²) in [6.07, 6.45) is 0. The lowest BCUT2D eigenvalue weighted by Crippen LogP contribution is -2.10. The van der Waals surface area contributed by atoms with Gasteiger partial charge >= 0.3 is 0 Å². The van der Waals surface area contributed by atoms with Crippen LogP contribution in [0.2, 0.25) is 5.02 Å². The second-order valence-electron chi connectivity index (χ2n) is 5.58. The summed E-state index contributed by atoms with van der Waals surface area (Å²) in [6.45, 7) is 1.10. The standard InChI is InChI=1S/C18H16ClN5/c1-20-10-16-22-17-11-21-18(12-5-3-2-4-6-12)14-9-13(19)7-8-15(14)24(17)23-16/h2-9,20H,10-11H2,1H3. The molecule has 6 heteroatoms. The molecule has 120 valence electrons. The molecule has 0 saturated carbocycles. The summed E-state index contributed by atoms with van der Waals surface area (Å²) in [5.41, 5.74) is 3.88. The minimum atomic E-state index is 0.479. The molecule has 0 unspecified atom stereocenters. The molecule has 0 fully saturated rings. The first-order valence-electron chi connectivity index (χ1n) is 7.76. The van der Waals surface area contributed by atoms with Crippen molar-refractivity contribution in [2.75, 3.05) is 7.05 Å². The molecule has 2 aromatic carbocycles. The van der Waals surface area contributed by atoms with Crippen molar-refractivity contribution in [3.63, 3.8) is 0 Å². The number of nitrogens with zero attached hydrogens (tertiary/aromatic N) is 4. The fourth-order valence-corrected chi connectivity index (χ4v) is 3.05. The Bertz CT molecular complexity index is 914. The largest absolute Gasteiger partial charge is 0.313 e. The second-order valence-corrected chi connectivity index (χ2v) is 6.02. The molecule has 0 saturated heterocycles. The number of nitrogens with one attached hydrogen (secondary N) is 1. The first kappa shape index (κ1) is 15.1. The first-order valence-corrected chi connectivity index (χ1v) is 8.13. The van der Waals surface area contributed by atoms with E-state index in [1.807, 2.05) is 48.1 Å². The Morgan fingerprint density at radius 2 is 2.00 bits per heavy atom. The molecule has 0 bridgehead atoms. The van der Waals surface area contributed by atoms with Gasteiger partial charge in [-0.2, -0.15) is 0 Å². The molecule has 3 aromatic rings. The summed E-state index contributed by atoms with van der Waals surface area (Å²) in [6, 6.07) is 15.9. The quantitative estimate of drug-likeness (QED) is 0.799. The highest BCUT2D eigenvalue weighted by atomic mass is 35.5. The van der Waals surface area contributed by atoms with Crippen LogP contribution in [0.1, 0.15) is 22.8 Å². The molecule has 1 aromatic heterocycles. The van der Waals surface area contributed by atoms with Gasteiger partial charge in [0.1, 0.15) is 0 Å². The van der Waals surface area contributed by atoms with Crippen LogP contribution in [-0.2, 0) is 13.1 Å². The maximum Gasteiger partial charge on any atom is 0.165 e. The van der Waals surface area contributed by atoms with Crippen molar-refractivity contribution in [2.45, 2.75) is 13.1 Å². The van der Waals surface area contributed by atoms with Crippen molar-refractivity contribution in [1.29, 1.82) is 0 Å². The van der Waals surface area contributed by atoms with Crippen LogP contribution in [-0.4, -0.2) is 27.5 Å². The zero-order valence-electron chi connectivity index (χ0n) is 13.2. The smallest absolute Gasteiger partial charge is 0.165 e. The number of benzene rings is 2. The molecule has 0 amide bonds. The molecular weight excluding hydrogens is 322 g/mol. The molecule has 0 atom stereocenters. The van der Waals surface area contributed by atoms with Crippen molar-refractivity contribution < 1.29 is 0 Å². The molecule has 0 aliphatic carbocycles. The number of hydrogen-bond acceptors (Lipinski definition) is 4. The highest BCUT2D eigenvalue weighted by Gasteiger charge is 2.21. The molecule has 4 rings (SSSR count). The molecule has 1 N–H and O–H groups in total. The Balaban J connectivity index is 1.91. The summed E-state index contributed by atoms with van der Waals surface area (Å²) < 4.78 is 1.87. The Labute approximate surface area is 145 Å². The van der Waals surface area contributed by atoms with E-state index in [4.69, 9.17) is 16.6 Å². The topological polar surface area (TPSA) is 55.1 Å². The van der Waals surface area contributed by atoms with Gasteiger partial charge in [0.25, 0.3) is 0 Å². The van der Waals surface area contributed by atoms with Crippen molar-refractivity contribution in [1.82, 2.24) is 20.1 Å². The number of rotatable bonds is 3. The predicted octanol–water partition coefficient (Wildman–Crippen LogP) is 2.99. The third kappa shape index (κ3) is 2.62. The molecule has 24 heavy (non-hydrogen) atoms. The van der Waals surface area contributed by atoms with Crippen LogP contribution in [0.5, 0.6) is 0 Å². The average Bonchev–Trinajstić information content (AvgIpc) is 2.93. The maximum atomic E-state index is 6.25. The number of hydrogen-bond donors (Lipinski definition) is 1. The van der Waals surface area contributed by atoms with Crippen LogP contribution in [0.25, 0.3) is 5.69 Å². The summed E-state index contributed by atoms with van der Waals surface area (Å²) >= 11 is 6.25. The predicted molar refractivity (Wildman–Crippen MR) is 94.9 cm³/mol. The van der Waals surface area contributed by atoms with E-state index in [0.717, 1.165) is 34.2 Å². The zero-order chi connectivity index (χ0) is 16.5. The number of fused-ring (bicyclic) bond motifs is 3. The van der Waals surface area contributed by atoms with E-state index in [9.17, 15) is 0 Å². The highest BCUT2D eigenvalue weighted by Crippen LogP contribution is 2.26. The van der Waals surface area contributed by atoms with Gasteiger partial charge in [-0.15, -0.1) is 5.10 Å². The van der Waals surface area contributed by atoms with Crippen LogP contribution >= 0.6 is 11.6 Å². The molecule has 0 radical (unpaired) electrons. The first-order chi connectivity index (χ1) is 11.8. The van der Waals surface area contributed by atoms with E-state index >= 15 is 0 Å². The van der Waals surface area contributed by atoms with E-state index in [1.165, 1.54) is 0 Å². The van der Waals surface area contributed by atoms with Gasteiger partial charge in [-0.3, -0.25) is 4.99 Å². The summed E-state index contributed by atoms with van der Waals surface area (Å²) in [5, 5.41) is 8.38. The summed E-state index contributed by atoms with van der Waals surface area (Å²) in [5.74, 6) is 1.58. The fraction of sp³-hybridized carbons (Fsp3) is 0.167.